The highest BCUT2D eigenvalue weighted by Crippen LogP contribution is 2.45. The monoisotopic (exact) mass is 344 g/mol. The largest absolute Gasteiger partial charge is 0.496 e. The minimum absolute atomic E-state index is 0.0215. The first-order chi connectivity index (χ1) is 10.9. The van der Waals surface area contributed by atoms with Gasteiger partial charge in [0.1, 0.15) is 5.75 Å². The molecule has 0 aromatic heterocycles. The molecular formula is C17H19F3O2S. The molecule has 126 valence electrons. The number of alkyl halides is 3. The minimum atomic E-state index is -4.44. The fourth-order valence-electron chi connectivity index (χ4n) is 3.56. The molecule has 2 saturated heterocycles. The maximum atomic E-state index is 12.8. The van der Waals surface area contributed by atoms with Gasteiger partial charge in [0.05, 0.1) is 18.2 Å². The summed E-state index contributed by atoms with van der Waals surface area (Å²) in [6, 6.07) is 3.15. The molecule has 0 amide bonds. The molecule has 2 heterocycles. The Labute approximate surface area is 137 Å². The number of ether oxygens (including phenoxy) is 1. The topological polar surface area (TPSA) is 26.3 Å². The Kier molecular flexibility index (Phi) is 4.63. The fraction of sp³-hybridized carbons (Fsp3) is 0.588. The molecule has 0 N–H and O–H groups in total. The van der Waals surface area contributed by atoms with Gasteiger partial charge in [0.15, 0.2) is 5.78 Å². The van der Waals surface area contributed by atoms with Crippen molar-refractivity contribution in [3.05, 3.63) is 29.3 Å². The number of hydrogen-bond donors (Lipinski definition) is 0. The average Bonchev–Trinajstić information content (AvgIpc) is 2.52. The number of carbonyl (C=O) groups excluding carboxylic acids is 1. The minimum Gasteiger partial charge on any atom is -0.496 e. The second-order valence-electron chi connectivity index (χ2n) is 6.26. The number of benzene rings is 1. The van der Waals surface area contributed by atoms with E-state index in [4.69, 9.17) is 4.74 Å². The molecular weight excluding hydrogens is 325 g/mol. The Hall–Kier alpha value is -1.17. The number of Topliss-reactive ketones (excluding diaryl/α,β-unsaturated/α-hetero) is 1. The molecule has 1 aromatic carbocycles. The fourth-order valence-corrected chi connectivity index (χ4v) is 5.40. The number of methoxy groups -OCH3 is 1. The van der Waals surface area contributed by atoms with Gasteiger partial charge in [-0.2, -0.15) is 24.9 Å². The zero-order valence-electron chi connectivity index (χ0n) is 12.9. The van der Waals surface area contributed by atoms with Crippen LogP contribution >= 0.6 is 11.8 Å². The third-order valence-corrected chi connectivity index (χ3v) is 6.32. The van der Waals surface area contributed by atoms with Crippen LogP contribution in [0.25, 0.3) is 0 Å². The molecule has 0 spiro atoms. The van der Waals surface area contributed by atoms with Crippen LogP contribution in [0.1, 0.15) is 48.0 Å². The van der Waals surface area contributed by atoms with Gasteiger partial charge < -0.3 is 4.74 Å². The summed E-state index contributed by atoms with van der Waals surface area (Å²) < 4.78 is 43.5. The van der Waals surface area contributed by atoms with Crippen molar-refractivity contribution < 1.29 is 22.7 Å². The van der Waals surface area contributed by atoms with E-state index in [1.807, 2.05) is 11.8 Å². The molecule has 2 aliphatic rings. The summed E-state index contributed by atoms with van der Waals surface area (Å²) in [5.41, 5.74) is -0.516. The van der Waals surface area contributed by atoms with Gasteiger partial charge in [-0.15, -0.1) is 0 Å². The molecule has 23 heavy (non-hydrogen) atoms. The lowest BCUT2D eigenvalue weighted by Gasteiger charge is -2.38. The molecule has 6 heteroatoms. The molecule has 1 aromatic rings. The lowest BCUT2D eigenvalue weighted by molar-refractivity contribution is -0.137. The lowest BCUT2D eigenvalue weighted by atomic mass is 9.84. The predicted molar refractivity (Wildman–Crippen MR) is 84.1 cm³/mol. The van der Waals surface area contributed by atoms with Crippen molar-refractivity contribution in [3.8, 4) is 5.75 Å². The SMILES string of the molecule is COc1cc(C(F)(F)F)ccc1C(=O)C1CC2CCCC(C1)S2. The zero-order chi connectivity index (χ0) is 16.6. The summed E-state index contributed by atoms with van der Waals surface area (Å²) in [5, 5.41) is 1.02. The molecule has 2 fully saturated rings. The zero-order valence-corrected chi connectivity index (χ0v) is 13.7. The molecule has 3 rings (SSSR count). The van der Waals surface area contributed by atoms with E-state index in [9.17, 15) is 18.0 Å². The van der Waals surface area contributed by atoms with Gasteiger partial charge in [0.25, 0.3) is 0 Å². The van der Waals surface area contributed by atoms with Gasteiger partial charge in [-0.05, 0) is 43.9 Å². The summed E-state index contributed by atoms with van der Waals surface area (Å²) in [6.45, 7) is 0. The summed E-state index contributed by atoms with van der Waals surface area (Å²) in [7, 11) is 1.30. The van der Waals surface area contributed by atoms with Crippen LogP contribution in [-0.2, 0) is 6.18 Å². The van der Waals surface area contributed by atoms with Gasteiger partial charge in [-0.3, -0.25) is 4.79 Å². The van der Waals surface area contributed by atoms with Crippen LogP contribution in [0, 0.1) is 5.92 Å². The van der Waals surface area contributed by atoms with Gasteiger partial charge >= 0.3 is 6.18 Å². The molecule has 0 aliphatic carbocycles. The number of fused-ring (bicyclic) bond motifs is 2. The second-order valence-corrected chi connectivity index (χ2v) is 7.86. The van der Waals surface area contributed by atoms with Crippen LogP contribution in [0.4, 0.5) is 13.2 Å². The molecule has 2 atom stereocenters. The van der Waals surface area contributed by atoms with E-state index in [0.717, 1.165) is 37.8 Å². The van der Waals surface area contributed by atoms with Gasteiger partial charge in [0.2, 0.25) is 0 Å². The Morgan fingerprint density at radius 3 is 2.43 bits per heavy atom. The van der Waals surface area contributed by atoms with Crippen LogP contribution in [0.5, 0.6) is 5.75 Å². The summed E-state index contributed by atoms with van der Waals surface area (Å²) in [4.78, 5) is 12.8. The Morgan fingerprint density at radius 2 is 1.87 bits per heavy atom. The number of thioether (sulfide) groups is 1. The second kappa shape index (κ2) is 6.38. The first kappa shape index (κ1) is 16.7. The van der Waals surface area contributed by atoms with Crippen molar-refractivity contribution in [3.63, 3.8) is 0 Å². The summed E-state index contributed by atoms with van der Waals surface area (Å²) in [6.07, 6.45) is 0.693. The van der Waals surface area contributed by atoms with E-state index in [0.29, 0.717) is 10.5 Å². The lowest BCUT2D eigenvalue weighted by Crippen LogP contribution is -2.33. The number of hydrogen-bond acceptors (Lipinski definition) is 3. The number of carbonyl (C=O) groups is 1. The van der Waals surface area contributed by atoms with Crippen LogP contribution in [0.2, 0.25) is 0 Å². The summed E-state index contributed by atoms with van der Waals surface area (Å²) in [5.74, 6) is -0.154. The average molecular weight is 344 g/mol. The molecule has 0 saturated carbocycles. The molecule has 0 radical (unpaired) electrons. The van der Waals surface area contributed by atoms with Crippen molar-refractivity contribution >= 4 is 17.5 Å². The number of halogens is 3. The highest BCUT2D eigenvalue weighted by molar-refractivity contribution is 8.00. The molecule has 2 aliphatic heterocycles. The maximum Gasteiger partial charge on any atom is 0.416 e. The van der Waals surface area contributed by atoms with E-state index in [2.05, 4.69) is 0 Å². The number of ketones is 1. The third-order valence-electron chi connectivity index (χ3n) is 4.70. The van der Waals surface area contributed by atoms with E-state index in [1.54, 1.807) is 0 Å². The first-order valence-electron chi connectivity index (χ1n) is 7.83. The van der Waals surface area contributed by atoms with Crippen molar-refractivity contribution in [1.29, 1.82) is 0 Å². The quantitative estimate of drug-likeness (QED) is 0.725. The van der Waals surface area contributed by atoms with Crippen LogP contribution in [-0.4, -0.2) is 23.4 Å². The van der Waals surface area contributed by atoms with E-state index < -0.39 is 11.7 Å². The third kappa shape index (κ3) is 3.52. The van der Waals surface area contributed by atoms with Crippen LogP contribution in [0.15, 0.2) is 18.2 Å². The van der Waals surface area contributed by atoms with Gasteiger partial charge in [-0.25, -0.2) is 0 Å². The highest BCUT2D eigenvalue weighted by Gasteiger charge is 2.37. The molecule has 2 nitrogen and oxygen atoms in total. The van der Waals surface area contributed by atoms with Crippen molar-refractivity contribution in [2.24, 2.45) is 5.92 Å². The summed E-state index contributed by atoms with van der Waals surface area (Å²) >= 11 is 1.97. The predicted octanol–water partition coefficient (Wildman–Crippen LogP) is 4.96. The van der Waals surface area contributed by atoms with E-state index >= 15 is 0 Å². The van der Waals surface area contributed by atoms with Crippen molar-refractivity contribution in [2.75, 3.05) is 7.11 Å². The Bertz CT molecular complexity index is 588. The Morgan fingerprint density at radius 1 is 1.22 bits per heavy atom. The molecule has 2 unspecified atom stereocenters. The first-order valence-corrected chi connectivity index (χ1v) is 8.77. The smallest absolute Gasteiger partial charge is 0.416 e. The molecule has 2 bridgehead atoms. The van der Waals surface area contributed by atoms with E-state index in [1.165, 1.54) is 19.6 Å². The Balaban J connectivity index is 1.84. The maximum absolute atomic E-state index is 12.8. The van der Waals surface area contributed by atoms with Crippen LogP contribution in [0.3, 0.4) is 0 Å². The standard InChI is InChI=1S/C17H19F3O2S/c1-22-15-9-11(17(18,19)20)5-6-14(15)16(21)10-7-12-3-2-4-13(8-10)23-12/h5-6,9-10,12-13H,2-4,7-8H2,1H3. The van der Waals surface area contributed by atoms with Gasteiger partial charge in [-0.1, -0.05) is 6.42 Å². The highest BCUT2D eigenvalue weighted by atomic mass is 32.2. The van der Waals surface area contributed by atoms with E-state index in [-0.39, 0.29) is 23.0 Å². The van der Waals surface area contributed by atoms with Crippen molar-refractivity contribution in [1.82, 2.24) is 0 Å². The van der Waals surface area contributed by atoms with Crippen LogP contribution < -0.4 is 4.74 Å². The normalized spacial score (nSPS) is 27.6. The van der Waals surface area contributed by atoms with Gasteiger partial charge in [0, 0.05) is 16.4 Å². The number of rotatable bonds is 3. The van der Waals surface area contributed by atoms with Crippen molar-refractivity contribution in [2.45, 2.75) is 48.8 Å².